The largest absolute Gasteiger partial charge is 0.394 e. The Hall–Kier alpha value is -0.440. The van der Waals surface area contributed by atoms with Crippen LogP contribution < -0.4 is 0 Å². The number of hydrogen-bond donors (Lipinski definition) is 4. The van der Waals surface area contributed by atoms with Crippen molar-refractivity contribution < 1.29 is 53.6 Å². The van der Waals surface area contributed by atoms with E-state index >= 15 is 0 Å². The van der Waals surface area contributed by atoms with Gasteiger partial charge in [0.15, 0.2) is 18.9 Å². The van der Waals surface area contributed by atoms with Crippen LogP contribution in [0.15, 0.2) is 0 Å². The maximum atomic E-state index is 10.4. The zero-order valence-electron chi connectivity index (χ0n) is 29.0. The van der Waals surface area contributed by atoms with Gasteiger partial charge in [0.1, 0.15) is 18.3 Å². The Labute approximate surface area is 270 Å². The van der Waals surface area contributed by atoms with Gasteiger partial charge in [-0.25, -0.2) is 0 Å². The molecule has 0 aliphatic carbocycles. The first-order chi connectivity index (χ1) is 21.3. The van der Waals surface area contributed by atoms with Crippen LogP contribution in [0.4, 0.5) is 0 Å². The van der Waals surface area contributed by atoms with Crippen LogP contribution in [0.25, 0.3) is 0 Å². The van der Waals surface area contributed by atoms with Crippen molar-refractivity contribution >= 4 is 0 Å². The van der Waals surface area contributed by atoms with Gasteiger partial charge in [0.05, 0.1) is 56.9 Å². The highest BCUT2D eigenvalue weighted by atomic mass is 16.7. The third kappa shape index (κ3) is 7.59. The zero-order valence-corrected chi connectivity index (χ0v) is 29.0. The van der Waals surface area contributed by atoms with E-state index in [0.29, 0.717) is 0 Å². The molecule has 0 saturated carbocycles. The third-order valence-electron chi connectivity index (χ3n) is 12.3. The fraction of sp³-hybridized carbons (Fsp3) is 1.00. The molecule has 0 aromatic rings. The number of aliphatic hydroxyl groups is 4. The minimum Gasteiger partial charge on any atom is -0.394 e. The van der Waals surface area contributed by atoms with Crippen LogP contribution in [0.2, 0.25) is 0 Å². The van der Waals surface area contributed by atoms with E-state index in [2.05, 4.69) is 55.4 Å². The molecule has 0 bridgehead atoms. The monoisotopic (exact) mass is 646 g/mol. The minimum absolute atomic E-state index is 0.0134. The van der Waals surface area contributed by atoms with E-state index < -0.39 is 49.4 Å². The van der Waals surface area contributed by atoms with E-state index in [4.69, 9.17) is 33.2 Å². The van der Waals surface area contributed by atoms with Crippen molar-refractivity contribution in [3.05, 3.63) is 0 Å². The molecule has 0 amide bonds. The maximum absolute atomic E-state index is 10.4. The Kier molecular flexibility index (Phi) is 13.2. The summed E-state index contributed by atoms with van der Waals surface area (Å²) >= 11 is 0. The van der Waals surface area contributed by atoms with Gasteiger partial charge in [-0.1, -0.05) is 62.3 Å². The van der Waals surface area contributed by atoms with Gasteiger partial charge in [-0.15, -0.1) is 0 Å². The summed E-state index contributed by atoms with van der Waals surface area (Å²) in [5, 5.41) is 40.8. The Morgan fingerprint density at radius 3 is 1.04 bits per heavy atom. The molecule has 8 unspecified atom stereocenters. The smallest absolute Gasteiger partial charge is 0.161 e. The third-order valence-corrected chi connectivity index (χ3v) is 12.3. The summed E-state index contributed by atoms with van der Waals surface area (Å²) in [5.41, 5.74) is 0. The van der Waals surface area contributed by atoms with Gasteiger partial charge in [0.2, 0.25) is 0 Å². The maximum Gasteiger partial charge on any atom is 0.161 e. The molecular formula is C34H62O11. The van der Waals surface area contributed by atoms with Gasteiger partial charge < -0.3 is 53.6 Å². The fourth-order valence-electron chi connectivity index (χ4n) is 7.76. The topological polar surface area (TPSA) is 146 Å². The molecule has 4 aliphatic rings. The van der Waals surface area contributed by atoms with Gasteiger partial charge in [-0.05, 0) is 42.4 Å². The fourth-order valence-corrected chi connectivity index (χ4v) is 7.76. The minimum atomic E-state index is -0.659. The lowest BCUT2D eigenvalue weighted by Gasteiger charge is -2.51. The lowest BCUT2D eigenvalue weighted by Crippen LogP contribution is -2.60. The summed E-state index contributed by atoms with van der Waals surface area (Å²) in [5.74, 6) is 0.669. The number of aliphatic hydroxyl groups excluding tert-OH is 4. The van der Waals surface area contributed by atoms with Crippen molar-refractivity contribution in [2.45, 2.75) is 137 Å². The molecule has 4 aliphatic heterocycles. The summed E-state index contributed by atoms with van der Waals surface area (Å²) in [6, 6.07) is 0. The molecule has 0 aromatic carbocycles. The van der Waals surface area contributed by atoms with Crippen LogP contribution in [0.1, 0.15) is 69.2 Å². The second kappa shape index (κ2) is 15.8. The van der Waals surface area contributed by atoms with Crippen molar-refractivity contribution in [2.75, 3.05) is 26.4 Å². The van der Waals surface area contributed by atoms with Gasteiger partial charge in [-0.2, -0.15) is 0 Å². The van der Waals surface area contributed by atoms with Crippen LogP contribution in [0.5, 0.6) is 0 Å². The second-order valence-corrected chi connectivity index (χ2v) is 14.8. The number of hydrogen-bond acceptors (Lipinski definition) is 11. The molecule has 11 heteroatoms. The summed E-state index contributed by atoms with van der Waals surface area (Å²) < 4.78 is 44.7. The summed E-state index contributed by atoms with van der Waals surface area (Å²) in [6.07, 6.45) is -5.12. The van der Waals surface area contributed by atoms with E-state index in [-0.39, 0.29) is 98.0 Å². The summed E-state index contributed by atoms with van der Waals surface area (Å²) in [4.78, 5) is 0. The van der Waals surface area contributed by atoms with E-state index in [9.17, 15) is 20.4 Å². The second-order valence-electron chi connectivity index (χ2n) is 14.8. The zero-order chi connectivity index (χ0) is 33.3. The predicted molar refractivity (Wildman–Crippen MR) is 166 cm³/mol. The van der Waals surface area contributed by atoms with Crippen molar-refractivity contribution in [1.29, 1.82) is 0 Å². The number of rotatable bonds is 10. The molecule has 4 saturated heterocycles. The Bertz CT molecular complexity index is 901. The van der Waals surface area contributed by atoms with Crippen LogP contribution >= 0.6 is 0 Å². The Morgan fingerprint density at radius 2 is 0.667 bits per heavy atom. The lowest BCUT2D eigenvalue weighted by atomic mass is 9.78. The Morgan fingerprint density at radius 1 is 0.356 bits per heavy atom. The molecule has 45 heavy (non-hydrogen) atoms. The highest BCUT2D eigenvalue weighted by molar-refractivity contribution is 4.93. The predicted octanol–water partition coefficient (Wildman–Crippen LogP) is 2.80. The van der Waals surface area contributed by atoms with E-state index in [0.717, 1.165) is 0 Å². The number of ether oxygens (including phenoxy) is 7. The molecule has 4 N–H and O–H groups in total. The molecule has 4 rings (SSSR count). The molecule has 0 aromatic heterocycles. The molecule has 11 nitrogen and oxygen atoms in total. The van der Waals surface area contributed by atoms with E-state index in [1.807, 2.05) is 13.8 Å². The van der Waals surface area contributed by atoms with Gasteiger partial charge in [0, 0.05) is 17.8 Å². The molecular weight excluding hydrogens is 584 g/mol. The van der Waals surface area contributed by atoms with Gasteiger partial charge in [0.25, 0.3) is 0 Å². The van der Waals surface area contributed by atoms with Gasteiger partial charge >= 0.3 is 0 Å². The van der Waals surface area contributed by atoms with Crippen LogP contribution in [-0.2, 0) is 33.2 Å². The molecule has 4 fully saturated rings. The first kappa shape index (κ1) is 37.4. The standard InChI is InChI=1S/C34H62O11/c1-15-17(3)25(11-35)40-32(21(15)7)44-30-19(5)23(9)34(42-27(30)13-37)45-31-20(6)22(8)33(41-28(31)14-38)43-29-18(4)16(2)24(10)39-26(29)12-36/h15-38H,11-14H2,1-10H3/t15-,16?,17-,18+,19+,20+,21?,22?,23?,24+,25?,26?,27?,28?,29-,30-,31-,32+,33+,34+/m0/s1. The highest BCUT2D eigenvalue weighted by Crippen LogP contribution is 2.43. The average Bonchev–Trinajstić information content (AvgIpc) is 3.03. The van der Waals surface area contributed by atoms with Gasteiger partial charge in [-0.3, -0.25) is 0 Å². The van der Waals surface area contributed by atoms with Crippen LogP contribution in [-0.4, -0.2) is 115 Å². The Balaban J connectivity index is 1.43. The first-order valence-electron chi connectivity index (χ1n) is 17.3. The van der Waals surface area contributed by atoms with Crippen molar-refractivity contribution in [1.82, 2.24) is 0 Å². The van der Waals surface area contributed by atoms with Crippen molar-refractivity contribution in [2.24, 2.45) is 53.3 Å². The molecule has 4 heterocycles. The first-order valence-corrected chi connectivity index (χ1v) is 17.3. The van der Waals surface area contributed by atoms with Crippen LogP contribution in [0.3, 0.4) is 0 Å². The highest BCUT2D eigenvalue weighted by Gasteiger charge is 2.51. The van der Waals surface area contributed by atoms with Crippen molar-refractivity contribution in [3.8, 4) is 0 Å². The lowest BCUT2D eigenvalue weighted by molar-refractivity contribution is -0.359. The molecule has 0 spiro atoms. The van der Waals surface area contributed by atoms with E-state index in [1.165, 1.54) is 0 Å². The SMILES string of the molecule is CC1[C@@H](O[C@@H]2C(CO)O[C@H](O[C@@H]3C(CO)O[C@H](O[C@@H]4C(CO)O[C@H](C)C(C)[C@H]4C)C(C)[C@H]3C)C(C)[C@H]2C)OC(CO)[C@@H](C)[C@@H]1C. The summed E-state index contributed by atoms with van der Waals surface area (Å²) in [7, 11) is 0. The molecule has 0 radical (unpaired) electrons. The summed E-state index contributed by atoms with van der Waals surface area (Å²) in [6.45, 7) is 20.1. The molecule has 264 valence electrons. The van der Waals surface area contributed by atoms with E-state index in [1.54, 1.807) is 0 Å². The quantitative estimate of drug-likeness (QED) is 0.278. The van der Waals surface area contributed by atoms with Crippen LogP contribution in [0, 0.1) is 53.3 Å². The van der Waals surface area contributed by atoms with Crippen molar-refractivity contribution in [3.63, 3.8) is 0 Å². The molecule has 20 atom stereocenters. The normalized spacial score (nSPS) is 52.9. The average molecular weight is 647 g/mol.